The first-order valence-electron chi connectivity index (χ1n) is 14.8. The molecule has 2 heterocycles. The highest BCUT2D eigenvalue weighted by Crippen LogP contribution is 2.44. The molecule has 1 saturated carbocycles. The second-order valence-electron chi connectivity index (χ2n) is 11.0. The molecule has 8 heteroatoms. The lowest BCUT2D eigenvalue weighted by molar-refractivity contribution is -0.396. The molecule has 8 nitrogen and oxygen atoms in total. The summed E-state index contributed by atoms with van der Waals surface area (Å²) in [5.74, 6) is 0.866. The van der Waals surface area contributed by atoms with Crippen LogP contribution < -0.4 is 14.2 Å². The van der Waals surface area contributed by atoms with Gasteiger partial charge in [0.1, 0.15) is 24.4 Å². The van der Waals surface area contributed by atoms with Crippen LogP contribution in [0.1, 0.15) is 43.2 Å². The van der Waals surface area contributed by atoms with E-state index in [0.29, 0.717) is 37.1 Å². The Labute approximate surface area is 247 Å². The van der Waals surface area contributed by atoms with Gasteiger partial charge in [-0.15, -0.1) is 0 Å². The van der Waals surface area contributed by atoms with Gasteiger partial charge >= 0.3 is 0 Å². The Kier molecular flexibility index (Phi) is 9.27. The smallest absolute Gasteiger partial charge is 0.229 e. The van der Waals surface area contributed by atoms with Crippen LogP contribution in [0, 0.1) is 0 Å². The van der Waals surface area contributed by atoms with Crippen molar-refractivity contribution >= 4 is 0 Å². The Morgan fingerprint density at radius 2 is 1.31 bits per heavy atom. The Bertz CT molecular complexity index is 1240. The molecule has 1 aliphatic carbocycles. The number of benzene rings is 3. The van der Waals surface area contributed by atoms with E-state index in [0.717, 1.165) is 36.8 Å². The summed E-state index contributed by atoms with van der Waals surface area (Å²) >= 11 is 0. The first-order valence-corrected chi connectivity index (χ1v) is 14.8. The quantitative estimate of drug-likeness (QED) is 0.289. The highest BCUT2D eigenvalue weighted by atomic mass is 16.8. The molecular formula is C34H40O8. The fourth-order valence-electron chi connectivity index (χ4n) is 6.07. The van der Waals surface area contributed by atoms with Gasteiger partial charge in [0.05, 0.1) is 34.0 Å². The monoisotopic (exact) mass is 576 g/mol. The molecule has 0 unspecified atom stereocenters. The van der Waals surface area contributed by atoms with Crippen molar-refractivity contribution in [3.63, 3.8) is 0 Å². The van der Waals surface area contributed by atoms with Gasteiger partial charge < -0.3 is 37.9 Å². The average Bonchev–Trinajstić information content (AvgIpc) is 3.04. The third-order valence-corrected chi connectivity index (χ3v) is 8.26. The summed E-state index contributed by atoms with van der Waals surface area (Å²) in [6, 6.07) is 25.7. The van der Waals surface area contributed by atoms with E-state index in [1.54, 1.807) is 14.2 Å². The van der Waals surface area contributed by atoms with Gasteiger partial charge in [0.2, 0.25) is 12.0 Å². The van der Waals surface area contributed by atoms with Crippen molar-refractivity contribution < 1.29 is 37.9 Å². The lowest BCUT2D eigenvalue weighted by atomic mass is 9.90. The minimum absolute atomic E-state index is 0.349. The zero-order valence-corrected chi connectivity index (χ0v) is 24.3. The topological polar surface area (TPSA) is 73.8 Å². The van der Waals surface area contributed by atoms with E-state index in [1.165, 1.54) is 6.42 Å². The summed E-state index contributed by atoms with van der Waals surface area (Å²) in [6.07, 6.45) is 2.24. The van der Waals surface area contributed by atoms with Gasteiger partial charge in [-0.25, -0.2) is 0 Å². The minimum atomic E-state index is -0.853. The van der Waals surface area contributed by atoms with Crippen LogP contribution in [-0.4, -0.2) is 57.3 Å². The zero-order valence-electron chi connectivity index (χ0n) is 24.3. The van der Waals surface area contributed by atoms with Crippen LogP contribution in [0.3, 0.4) is 0 Å². The van der Waals surface area contributed by atoms with E-state index in [-0.39, 0.29) is 0 Å². The summed E-state index contributed by atoms with van der Waals surface area (Å²) in [5, 5.41) is 0. The molecule has 3 aromatic carbocycles. The van der Waals surface area contributed by atoms with Crippen LogP contribution in [0.4, 0.5) is 0 Å². The van der Waals surface area contributed by atoms with Crippen molar-refractivity contribution in [2.75, 3.05) is 20.8 Å². The highest BCUT2D eigenvalue weighted by molar-refractivity contribution is 5.51. The van der Waals surface area contributed by atoms with Crippen molar-refractivity contribution in [2.24, 2.45) is 0 Å². The van der Waals surface area contributed by atoms with Gasteiger partial charge in [-0.1, -0.05) is 73.2 Å². The van der Waals surface area contributed by atoms with E-state index in [2.05, 4.69) is 12.1 Å². The fraction of sp³-hybridized carbons (Fsp3) is 0.471. The normalized spacial score (nSPS) is 26.8. The lowest BCUT2D eigenvalue weighted by Crippen LogP contribution is -2.67. The third kappa shape index (κ3) is 6.43. The number of methoxy groups -OCH3 is 2. The fourth-order valence-corrected chi connectivity index (χ4v) is 6.07. The number of rotatable bonds is 10. The molecule has 0 amide bonds. The second kappa shape index (κ2) is 13.4. The van der Waals surface area contributed by atoms with Crippen LogP contribution >= 0.6 is 0 Å². The van der Waals surface area contributed by atoms with Crippen LogP contribution in [-0.2, 0) is 36.9 Å². The number of hydrogen-bond acceptors (Lipinski definition) is 8. The van der Waals surface area contributed by atoms with E-state index in [9.17, 15) is 0 Å². The van der Waals surface area contributed by atoms with Gasteiger partial charge in [-0.05, 0) is 36.1 Å². The lowest BCUT2D eigenvalue weighted by Gasteiger charge is -2.53. The standard InChI is InChI=1S/C34H40O8/c1-35-26-17-12-18-27(36-2)29(26)41-33-32(38-22-25-15-8-4-9-16-25)31(37-21-24-13-6-3-7-14-24)30-28(40-33)23-39-34(42-30)19-10-5-11-20-34/h3-4,6-9,12-18,28,30-33H,5,10-11,19-23H2,1-2H3/t28-,30-,31+,32+,33+/m1/s1. The predicted octanol–water partition coefficient (Wildman–Crippen LogP) is 6.05. The molecule has 3 aliphatic rings. The van der Waals surface area contributed by atoms with Crippen molar-refractivity contribution in [1.29, 1.82) is 0 Å². The van der Waals surface area contributed by atoms with Crippen LogP contribution in [0.25, 0.3) is 0 Å². The van der Waals surface area contributed by atoms with Crippen molar-refractivity contribution in [2.45, 2.75) is 81.8 Å². The number of para-hydroxylation sites is 1. The van der Waals surface area contributed by atoms with E-state index >= 15 is 0 Å². The average molecular weight is 577 g/mol. The molecular weight excluding hydrogens is 536 g/mol. The van der Waals surface area contributed by atoms with Gasteiger partial charge in [-0.2, -0.15) is 0 Å². The molecule has 0 bridgehead atoms. The van der Waals surface area contributed by atoms with Crippen LogP contribution in [0.15, 0.2) is 78.9 Å². The summed E-state index contributed by atoms with van der Waals surface area (Å²) in [5.41, 5.74) is 2.09. The summed E-state index contributed by atoms with van der Waals surface area (Å²) in [7, 11) is 3.20. The SMILES string of the molecule is COc1cccc(OC)c1O[C@@H]1O[C@@H]2COC3(CCCCC3)O[C@H]2[C@H](OCc2ccccc2)[C@@H]1OCc1ccccc1. The Morgan fingerprint density at radius 1 is 0.714 bits per heavy atom. The van der Waals surface area contributed by atoms with Gasteiger partial charge in [-0.3, -0.25) is 0 Å². The largest absolute Gasteiger partial charge is 0.493 e. The molecule has 3 fully saturated rings. The predicted molar refractivity (Wildman–Crippen MR) is 156 cm³/mol. The summed E-state index contributed by atoms with van der Waals surface area (Å²) < 4.78 is 51.1. The maximum atomic E-state index is 6.83. The molecule has 42 heavy (non-hydrogen) atoms. The van der Waals surface area contributed by atoms with Crippen LogP contribution in [0.2, 0.25) is 0 Å². The van der Waals surface area contributed by atoms with Crippen LogP contribution in [0.5, 0.6) is 17.2 Å². The van der Waals surface area contributed by atoms with Gasteiger partial charge in [0.25, 0.3) is 0 Å². The summed E-state index contributed by atoms with van der Waals surface area (Å²) in [6.45, 7) is 1.12. The molecule has 0 N–H and O–H groups in total. The first kappa shape index (κ1) is 29.0. The maximum Gasteiger partial charge on any atom is 0.229 e. The van der Waals surface area contributed by atoms with E-state index < -0.39 is 36.5 Å². The minimum Gasteiger partial charge on any atom is -0.493 e. The molecule has 0 aromatic heterocycles. The Balaban J connectivity index is 1.34. The summed E-state index contributed by atoms with van der Waals surface area (Å²) in [4.78, 5) is 0. The molecule has 6 rings (SSSR count). The van der Waals surface area contributed by atoms with Crippen molar-refractivity contribution in [3.05, 3.63) is 90.0 Å². The number of hydrogen-bond donors (Lipinski definition) is 0. The van der Waals surface area contributed by atoms with Gasteiger partial charge in [0.15, 0.2) is 17.3 Å². The Morgan fingerprint density at radius 3 is 1.90 bits per heavy atom. The zero-order chi connectivity index (χ0) is 28.8. The number of ether oxygens (including phenoxy) is 8. The van der Waals surface area contributed by atoms with Crippen molar-refractivity contribution in [3.8, 4) is 17.2 Å². The Hall–Kier alpha value is -3.14. The molecule has 3 aromatic rings. The maximum absolute atomic E-state index is 6.83. The van der Waals surface area contributed by atoms with Crippen molar-refractivity contribution in [1.82, 2.24) is 0 Å². The van der Waals surface area contributed by atoms with Gasteiger partial charge in [0, 0.05) is 12.8 Å². The second-order valence-corrected chi connectivity index (χ2v) is 11.0. The third-order valence-electron chi connectivity index (χ3n) is 8.26. The molecule has 224 valence electrons. The molecule has 1 spiro atoms. The van der Waals surface area contributed by atoms with E-state index in [4.69, 9.17) is 37.9 Å². The van der Waals surface area contributed by atoms with E-state index in [1.807, 2.05) is 66.7 Å². The number of fused-ring (bicyclic) bond motifs is 1. The molecule has 5 atom stereocenters. The first-order chi connectivity index (χ1) is 20.7. The highest BCUT2D eigenvalue weighted by Gasteiger charge is 2.55. The molecule has 0 radical (unpaired) electrons. The molecule has 2 aliphatic heterocycles. The molecule has 2 saturated heterocycles.